The van der Waals surface area contributed by atoms with E-state index >= 15 is 0 Å². The third-order valence-electron chi connectivity index (χ3n) is 1.47. The van der Waals surface area contributed by atoms with Gasteiger partial charge in [-0.05, 0) is 46.9 Å². The predicted molar refractivity (Wildman–Crippen MR) is 65.6 cm³/mol. The maximum atomic E-state index is 11.9. The molecule has 2 heteroatoms. The molecule has 0 atom stereocenters. The van der Waals surface area contributed by atoms with Crippen LogP contribution in [0.2, 0.25) is 0 Å². The maximum Gasteiger partial charge on any atom is 0.123 e. The SMILES string of the molecule is Fc1ccccc1.Ic1ccccc1. The molecular formula is C12H10FI. The average Bonchev–Trinajstić information content (AvgIpc) is 2.21. The first-order valence-corrected chi connectivity index (χ1v) is 5.28. The number of hydrogen-bond donors (Lipinski definition) is 0. The summed E-state index contributed by atoms with van der Waals surface area (Å²) in [5, 5.41) is 0. The second kappa shape index (κ2) is 6.54. The molecular weight excluding hydrogens is 290 g/mol. The zero-order chi connectivity index (χ0) is 10.2. The van der Waals surface area contributed by atoms with Crippen molar-refractivity contribution in [2.45, 2.75) is 0 Å². The minimum atomic E-state index is -0.178. The summed E-state index contributed by atoms with van der Waals surface area (Å²) in [5.41, 5.74) is 0. The Kier molecular flexibility index (Phi) is 5.22. The Hall–Kier alpha value is -0.900. The van der Waals surface area contributed by atoms with E-state index < -0.39 is 0 Å². The monoisotopic (exact) mass is 300 g/mol. The highest BCUT2D eigenvalue weighted by Crippen LogP contribution is 1.99. The van der Waals surface area contributed by atoms with E-state index in [9.17, 15) is 4.39 Å². The van der Waals surface area contributed by atoms with Crippen molar-refractivity contribution in [2.75, 3.05) is 0 Å². The molecule has 0 bridgehead atoms. The van der Waals surface area contributed by atoms with Crippen LogP contribution < -0.4 is 0 Å². The molecule has 0 aromatic heterocycles. The van der Waals surface area contributed by atoms with Gasteiger partial charge >= 0.3 is 0 Å². The van der Waals surface area contributed by atoms with Crippen LogP contribution in [0.1, 0.15) is 0 Å². The molecule has 0 aliphatic rings. The lowest BCUT2D eigenvalue weighted by Crippen LogP contribution is -1.63. The smallest absolute Gasteiger partial charge is 0.123 e. The molecule has 0 saturated carbocycles. The van der Waals surface area contributed by atoms with E-state index in [1.165, 1.54) is 15.7 Å². The third kappa shape index (κ3) is 4.97. The van der Waals surface area contributed by atoms with Crippen molar-refractivity contribution >= 4 is 22.6 Å². The molecule has 0 aliphatic carbocycles. The topological polar surface area (TPSA) is 0 Å². The molecule has 0 radical (unpaired) electrons. The summed E-state index contributed by atoms with van der Waals surface area (Å²) in [6.07, 6.45) is 0. The van der Waals surface area contributed by atoms with Gasteiger partial charge in [-0.1, -0.05) is 36.4 Å². The molecule has 0 fully saturated rings. The summed E-state index contributed by atoms with van der Waals surface area (Å²) < 4.78 is 13.2. The van der Waals surface area contributed by atoms with Gasteiger partial charge in [0.05, 0.1) is 0 Å². The van der Waals surface area contributed by atoms with E-state index in [-0.39, 0.29) is 5.82 Å². The molecule has 0 saturated heterocycles. The highest BCUT2D eigenvalue weighted by Gasteiger charge is 1.77. The van der Waals surface area contributed by atoms with E-state index in [2.05, 4.69) is 34.7 Å². The summed E-state index contributed by atoms with van der Waals surface area (Å²) in [7, 11) is 0. The molecule has 0 unspecified atom stereocenters. The van der Waals surface area contributed by atoms with Crippen molar-refractivity contribution in [2.24, 2.45) is 0 Å². The van der Waals surface area contributed by atoms with Gasteiger partial charge in [-0.2, -0.15) is 0 Å². The van der Waals surface area contributed by atoms with Crippen LogP contribution in [0.3, 0.4) is 0 Å². The minimum absolute atomic E-state index is 0.178. The van der Waals surface area contributed by atoms with Crippen LogP contribution in [-0.2, 0) is 0 Å². The molecule has 14 heavy (non-hydrogen) atoms. The second-order valence-corrected chi connectivity index (χ2v) is 3.84. The molecule has 0 amide bonds. The first-order chi connectivity index (χ1) is 6.79. The van der Waals surface area contributed by atoms with Gasteiger partial charge in [-0.15, -0.1) is 0 Å². The zero-order valence-electron chi connectivity index (χ0n) is 7.53. The molecule has 0 N–H and O–H groups in total. The lowest BCUT2D eigenvalue weighted by molar-refractivity contribution is 0.628. The maximum absolute atomic E-state index is 11.9. The predicted octanol–water partition coefficient (Wildman–Crippen LogP) is 4.12. The van der Waals surface area contributed by atoms with Crippen molar-refractivity contribution < 1.29 is 4.39 Å². The third-order valence-corrected chi connectivity index (χ3v) is 2.19. The van der Waals surface area contributed by atoms with E-state index in [0.717, 1.165) is 0 Å². The van der Waals surface area contributed by atoms with Gasteiger partial charge in [0.25, 0.3) is 0 Å². The van der Waals surface area contributed by atoms with E-state index in [4.69, 9.17) is 0 Å². The summed E-state index contributed by atoms with van der Waals surface area (Å²) in [5.74, 6) is -0.178. The number of hydrogen-bond acceptors (Lipinski definition) is 0. The normalized spacial score (nSPS) is 8.71. The summed E-state index contributed by atoms with van der Waals surface area (Å²) in [4.78, 5) is 0. The van der Waals surface area contributed by atoms with Crippen LogP contribution in [0.4, 0.5) is 4.39 Å². The van der Waals surface area contributed by atoms with Crippen LogP contribution in [0.5, 0.6) is 0 Å². The Bertz CT molecular complexity index is 308. The summed E-state index contributed by atoms with van der Waals surface area (Å²) >= 11 is 2.28. The molecule has 2 aromatic carbocycles. The Labute approximate surface area is 96.9 Å². The molecule has 0 heterocycles. The highest BCUT2D eigenvalue weighted by atomic mass is 127. The van der Waals surface area contributed by atoms with Gasteiger partial charge in [0.2, 0.25) is 0 Å². The van der Waals surface area contributed by atoms with E-state index in [1.807, 2.05) is 18.2 Å². The number of rotatable bonds is 0. The molecule has 72 valence electrons. The minimum Gasteiger partial charge on any atom is -0.207 e. The van der Waals surface area contributed by atoms with Crippen LogP contribution in [0.25, 0.3) is 0 Å². The first-order valence-electron chi connectivity index (χ1n) is 4.20. The van der Waals surface area contributed by atoms with Crippen LogP contribution >= 0.6 is 22.6 Å². The van der Waals surface area contributed by atoms with Gasteiger partial charge in [-0.3, -0.25) is 0 Å². The van der Waals surface area contributed by atoms with Gasteiger partial charge in [0.15, 0.2) is 0 Å². The fourth-order valence-electron chi connectivity index (χ4n) is 0.829. The van der Waals surface area contributed by atoms with Crippen molar-refractivity contribution in [1.82, 2.24) is 0 Å². The highest BCUT2D eigenvalue weighted by molar-refractivity contribution is 14.1. The first kappa shape index (κ1) is 11.2. The van der Waals surface area contributed by atoms with Gasteiger partial charge in [0, 0.05) is 3.57 Å². The van der Waals surface area contributed by atoms with Gasteiger partial charge in [-0.25, -0.2) is 4.39 Å². The zero-order valence-corrected chi connectivity index (χ0v) is 9.69. The molecule has 2 aromatic rings. The quantitative estimate of drug-likeness (QED) is 0.642. The molecule has 2 rings (SSSR count). The van der Waals surface area contributed by atoms with Crippen LogP contribution in [0, 0.1) is 9.39 Å². The Morgan fingerprint density at radius 2 is 1.14 bits per heavy atom. The molecule has 0 spiro atoms. The lowest BCUT2D eigenvalue weighted by Gasteiger charge is -1.80. The summed E-state index contributed by atoms with van der Waals surface area (Å²) in [6, 6.07) is 18.2. The van der Waals surface area contributed by atoms with E-state index in [1.54, 1.807) is 18.2 Å². The number of halogens is 2. The standard InChI is InChI=1S/C6H5F.C6H5I/c2*7-6-4-2-1-3-5-6/h2*1-5H. The fraction of sp³-hybridized carbons (Fsp3) is 0. The van der Waals surface area contributed by atoms with Crippen molar-refractivity contribution in [1.29, 1.82) is 0 Å². The van der Waals surface area contributed by atoms with E-state index in [0.29, 0.717) is 0 Å². The Balaban J connectivity index is 0.000000140. The van der Waals surface area contributed by atoms with Crippen molar-refractivity contribution in [3.8, 4) is 0 Å². The lowest BCUT2D eigenvalue weighted by atomic mass is 10.4. The summed E-state index contributed by atoms with van der Waals surface area (Å²) in [6.45, 7) is 0. The van der Waals surface area contributed by atoms with Crippen molar-refractivity contribution in [3.05, 3.63) is 70.1 Å². The van der Waals surface area contributed by atoms with Crippen LogP contribution in [-0.4, -0.2) is 0 Å². The Morgan fingerprint density at radius 3 is 1.36 bits per heavy atom. The number of benzene rings is 2. The van der Waals surface area contributed by atoms with Crippen molar-refractivity contribution in [3.63, 3.8) is 0 Å². The average molecular weight is 300 g/mol. The Morgan fingerprint density at radius 1 is 0.714 bits per heavy atom. The fourth-order valence-corrected chi connectivity index (χ4v) is 1.24. The van der Waals surface area contributed by atoms with Gasteiger partial charge < -0.3 is 0 Å². The molecule has 0 nitrogen and oxygen atoms in total. The van der Waals surface area contributed by atoms with Crippen LogP contribution in [0.15, 0.2) is 60.7 Å². The molecule has 0 aliphatic heterocycles. The largest absolute Gasteiger partial charge is 0.207 e. The second-order valence-electron chi connectivity index (χ2n) is 2.59. The van der Waals surface area contributed by atoms with Gasteiger partial charge in [0.1, 0.15) is 5.82 Å².